The van der Waals surface area contributed by atoms with Gasteiger partial charge in [-0.25, -0.2) is 8.42 Å². The largest absolute Gasteiger partial charge is 0.497 e. The smallest absolute Gasteiger partial charge is 0.269 e. The summed E-state index contributed by atoms with van der Waals surface area (Å²) >= 11 is 6.00. The molecule has 3 rings (SSSR count). The van der Waals surface area contributed by atoms with E-state index in [0.717, 1.165) is 0 Å². The molecule has 0 aliphatic rings. The van der Waals surface area contributed by atoms with Gasteiger partial charge in [-0.15, -0.1) is 0 Å². The molecule has 160 valence electrons. The Morgan fingerprint density at radius 3 is 2.10 bits per heavy atom. The number of sulfonamides is 1. The molecule has 31 heavy (non-hydrogen) atoms. The molecular weight excluding hydrogens is 442 g/mol. The summed E-state index contributed by atoms with van der Waals surface area (Å²) in [4.78, 5) is 24.5. The van der Waals surface area contributed by atoms with E-state index in [9.17, 15) is 18.0 Å². The zero-order valence-corrected chi connectivity index (χ0v) is 17.8. The molecule has 0 heterocycles. The van der Waals surface area contributed by atoms with Crippen molar-refractivity contribution in [3.63, 3.8) is 0 Å². The van der Waals surface area contributed by atoms with Gasteiger partial charge in [0.2, 0.25) is 0 Å². The van der Waals surface area contributed by atoms with Crippen LogP contribution in [-0.2, 0) is 10.0 Å². The lowest BCUT2D eigenvalue weighted by molar-refractivity contribution is 0.0846. The number of hydrogen-bond acceptors (Lipinski definition) is 5. The number of hydrogen-bond donors (Lipinski definition) is 3. The van der Waals surface area contributed by atoms with Crippen LogP contribution in [0.25, 0.3) is 0 Å². The van der Waals surface area contributed by atoms with Gasteiger partial charge in [-0.2, -0.15) is 0 Å². The summed E-state index contributed by atoms with van der Waals surface area (Å²) in [6.45, 7) is 0. The standard InChI is InChI=1S/C21H18ClN3O5S/c1-30-16-8-4-6-14(12-16)20(26)23-24-21(27)15-7-5-9-17(13-15)31(28,29)25-19-11-3-2-10-18(19)22/h2-13,25H,1H3,(H,23,26)(H,24,27). The summed E-state index contributed by atoms with van der Waals surface area (Å²) in [5, 5.41) is 0.236. The molecule has 0 fully saturated rings. The molecule has 0 bridgehead atoms. The van der Waals surface area contributed by atoms with E-state index in [1.165, 1.54) is 43.5 Å². The number of hydrazine groups is 1. The SMILES string of the molecule is COc1cccc(C(=O)NNC(=O)c2cccc(S(=O)(=O)Nc3ccccc3Cl)c2)c1. The van der Waals surface area contributed by atoms with Crippen molar-refractivity contribution in [1.82, 2.24) is 10.9 Å². The van der Waals surface area contributed by atoms with Crippen LogP contribution in [0.1, 0.15) is 20.7 Å². The van der Waals surface area contributed by atoms with Crippen molar-refractivity contribution >= 4 is 39.1 Å². The van der Waals surface area contributed by atoms with Gasteiger partial charge >= 0.3 is 0 Å². The van der Waals surface area contributed by atoms with E-state index in [0.29, 0.717) is 5.75 Å². The Labute approximate surface area is 184 Å². The van der Waals surface area contributed by atoms with Gasteiger partial charge in [0, 0.05) is 11.1 Å². The Balaban J connectivity index is 1.71. The van der Waals surface area contributed by atoms with Crippen molar-refractivity contribution in [2.24, 2.45) is 0 Å². The lowest BCUT2D eigenvalue weighted by Gasteiger charge is -2.11. The van der Waals surface area contributed by atoms with Crippen molar-refractivity contribution in [2.75, 3.05) is 11.8 Å². The minimum atomic E-state index is -3.99. The third-order valence-electron chi connectivity index (χ3n) is 4.15. The topological polar surface area (TPSA) is 114 Å². The van der Waals surface area contributed by atoms with E-state index in [1.807, 2.05) is 0 Å². The maximum Gasteiger partial charge on any atom is 0.269 e. The molecule has 0 aliphatic heterocycles. The summed E-state index contributed by atoms with van der Waals surface area (Å²) in [6, 6.07) is 18.1. The molecule has 2 amide bonds. The van der Waals surface area contributed by atoms with Crippen LogP contribution in [0.15, 0.2) is 77.7 Å². The number of halogens is 1. The maximum atomic E-state index is 12.7. The van der Waals surface area contributed by atoms with Crippen LogP contribution < -0.4 is 20.3 Å². The number of carbonyl (C=O) groups excluding carboxylic acids is 2. The molecule has 3 aromatic carbocycles. The monoisotopic (exact) mass is 459 g/mol. The molecular formula is C21H18ClN3O5S. The van der Waals surface area contributed by atoms with Crippen molar-refractivity contribution in [2.45, 2.75) is 4.90 Å². The molecule has 0 saturated heterocycles. The Kier molecular flexibility index (Phi) is 6.78. The van der Waals surface area contributed by atoms with E-state index in [-0.39, 0.29) is 26.7 Å². The predicted octanol–water partition coefficient (Wildman–Crippen LogP) is 3.22. The third kappa shape index (κ3) is 5.53. The number of amides is 2. The van der Waals surface area contributed by atoms with Crippen molar-refractivity contribution in [3.8, 4) is 5.75 Å². The van der Waals surface area contributed by atoms with Gasteiger partial charge in [0.1, 0.15) is 5.75 Å². The van der Waals surface area contributed by atoms with Crippen LogP contribution in [0, 0.1) is 0 Å². The zero-order valence-electron chi connectivity index (χ0n) is 16.3. The molecule has 0 saturated carbocycles. The maximum absolute atomic E-state index is 12.7. The van der Waals surface area contributed by atoms with Crippen LogP contribution >= 0.6 is 11.6 Å². The number of nitrogens with one attached hydrogen (secondary N) is 3. The Hall–Kier alpha value is -3.56. The molecule has 3 aromatic rings. The Morgan fingerprint density at radius 1 is 0.839 bits per heavy atom. The molecule has 3 N–H and O–H groups in total. The van der Waals surface area contributed by atoms with E-state index in [1.54, 1.807) is 36.4 Å². The average Bonchev–Trinajstić information content (AvgIpc) is 2.78. The van der Waals surface area contributed by atoms with Crippen LogP contribution in [0.3, 0.4) is 0 Å². The van der Waals surface area contributed by atoms with Gasteiger partial charge in [0.05, 0.1) is 22.7 Å². The molecule has 0 unspecified atom stereocenters. The third-order valence-corrected chi connectivity index (χ3v) is 5.84. The first kappa shape index (κ1) is 22.1. The highest BCUT2D eigenvalue weighted by molar-refractivity contribution is 7.92. The summed E-state index contributed by atoms with van der Waals surface area (Å²) in [5.41, 5.74) is 5.06. The fourth-order valence-corrected chi connectivity index (χ4v) is 3.94. The lowest BCUT2D eigenvalue weighted by Crippen LogP contribution is -2.41. The first-order valence-corrected chi connectivity index (χ1v) is 10.8. The second-order valence-corrected chi connectivity index (χ2v) is 8.34. The second-order valence-electron chi connectivity index (χ2n) is 6.25. The first-order valence-electron chi connectivity index (χ1n) is 8.92. The van der Waals surface area contributed by atoms with E-state index >= 15 is 0 Å². The first-order chi connectivity index (χ1) is 14.8. The molecule has 0 atom stereocenters. The Morgan fingerprint density at radius 2 is 1.45 bits per heavy atom. The van der Waals surface area contributed by atoms with E-state index < -0.39 is 21.8 Å². The highest BCUT2D eigenvalue weighted by Crippen LogP contribution is 2.24. The molecule has 8 nitrogen and oxygen atoms in total. The highest BCUT2D eigenvalue weighted by Gasteiger charge is 2.18. The van der Waals surface area contributed by atoms with Crippen LogP contribution in [0.2, 0.25) is 5.02 Å². The average molecular weight is 460 g/mol. The summed E-state index contributed by atoms with van der Waals surface area (Å²) < 4.78 is 32.7. The van der Waals surface area contributed by atoms with Crippen molar-refractivity contribution in [1.29, 1.82) is 0 Å². The van der Waals surface area contributed by atoms with Crippen molar-refractivity contribution < 1.29 is 22.7 Å². The fourth-order valence-electron chi connectivity index (χ4n) is 2.57. The molecule has 0 radical (unpaired) electrons. The lowest BCUT2D eigenvalue weighted by atomic mass is 10.2. The van der Waals surface area contributed by atoms with E-state index in [4.69, 9.17) is 16.3 Å². The molecule has 0 spiro atoms. The van der Waals surface area contributed by atoms with Gasteiger partial charge in [-0.3, -0.25) is 25.2 Å². The fraction of sp³-hybridized carbons (Fsp3) is 0.0476. The quantitative estimate of drug-likeness (QED) is 0.490. The predicted molar refractivity (Wildman–Crippen MR) is 117 cm³/mol. The highest BCUT2D eigenvalue weighted by atomic mass is 35.5. The minimum Gasteiger partial charge on any atom is -0.497 e. The van der Waals surface area contributed by atoms with Crippen LogP contribution in [-0.4, -0.2) is 27.3 Å². The zero-order chi connectivity index (χ0) is 22.4. The number of benzene rings is 3. The summed E-state index contributed by atoms with van der Waals surface area (Å²) in [6.07, 6.45) is 0. The molecule has 10 heteroatoms. The van der Waals surface area contributed by atoms with Gasteiger partial charge in [0.15, 0.2) is 0 Å². The van der Waals surface area contributed by atoms with Gasteiger partial charge < -0.3 is 4.74 Å². The van der Waals surface area contributed by atoms with Gasteiger partial charge in [0.25, 0.3) is 21.8 Å². The molecule has 0 aromatic heterocycles. The number of carbonyl (C=O) groups is 2. The van der Waals surface area contributed by atoms with Crippen LogP contribution in [0.5, 0.6) is 5.75 Å². The number of para-hydroxylation sites is 1. The van der Waals surface area contributed by atoms with Crippen molar-refractivity contribution in [3.05, 3.63) is 88.9 Å². The number of rotatable bonds is 6. The van der Waals surface area contributed by atoms with E-state index in [2.05, 4.69) is 15.6 Å². The number of ether oxygens (including phenoxy) is 1. The Bertz CT molecular complexity index is 1230. The van der Waals surface area contributed by atoms with Crippen LogP contribution in [0.4, 0.5) is 5.69 Å². The summed E-state index contributed by atoms with van der Waals surface area (Å²) in [5.74, 6) is -0.759. The minimum absolute atomic E-state index is 0.0352. The summed E-state index contributed by atoms with van der Waals surface area (Å²) in [7, 11) is -2.52. The normalized spacial score (nSPS) is 10.8. The number of anilines is 1. The molecule has 0 aliphatic carbocycles. The number of methoxy groups -OCH3 is 1. The second kappa shape index (κ2) is 9.50. The van der Waals surface area contributed by atoms with Gasteiger partial charge in [-0.1, -0.05) is 35.9 Å². The van der Waals surface area contributed by atoms with Gasteiger partial charge in [-0.05, 0) is 48.5 Å².